The lowest BCUT2D eigenvalue weighted by molar-refractivity contribution is 0.330. The Balaban J connectivity index is 2.14. The van der Waals surface area contributed by atoms with E-state index in [2.05, 4.69) is 17.2 Å². The molecule has 0 radical (unpaired) electrons. The predicted octanol–water partition coefficient (Wildman–Crippen LogP) is 2.36. The number of hydrogen-bond donors (Lipinski definition) is 1. The molecule has 1 N–H and O–H groups in total. The number of oxazole rings is 1. The number of piperidine rings is 1. The van der Waals surface area contributed by atoms with Crippen molar-refractivity contribution in [2.75, 3.05) is 6.54 Å². The molecule has 1 aromatic heterocycles. The minimum Gasteiger partial charge on any atom is -0.444 e. The van der Waals surface area contributed by atoms with Crippen LogP contribution in [0.2, 0.25) is 0 Å². The third-order valence-corrected chi connectivity index (χ3v) is 2.84. The minimum absolute atomic E-state index is 0.350. The molecule has 1 aromatic rings. The zero-order chi connectivity index (χ0) is 9.97. The normalized spacial score (nSPS) is 22.6. The number of nitrogens with one attached hydrogen (secondary N) is 1. The lowest BCUT2D eigenvalue weighted by atomic mass is 10.1. The Labute approximate surface area is 84.9 Å². The number of nitrogens with zero attached hydrogens (tertiary/aromatic N) is 1. The summed E-state index contributed by atoms with van der Waals surface area (Å²) in [6.45, 7) is 5.22. The SMILES string of the molecule is CCc1oc(C2CCCCN2)nc1C. The fourth-order valence-electron chi connectivity index (χ4n) is 1.99. The van der Waals surface area contributed by atoms with Crippen molar-refractivity contribution in [3.05, 3.63) is 17.3 Å². The number of hydrogen-bond acceptors (Lipinski definition) is 3. The maximum atomic E-state index is 5.73. The number of aryl methyl sites for hydroxylation is 2. The van der Waals surface area contributed by atoms with Crippen LogP contribution in [-0.2, 0) is 6.42 Å². The summed E-state index contributed by atoms with van der Waals surface area (Å²) in [7, 11) is 0. The Morgan fingerprint density at radius 2 is 2.36 bits per heavy atom. The van der Waals surface area contributed by atoms with Crippen LogP contribution >= 0.6 is 0 Å². The molecule has 1 aliphatic rings. The smallest absolute Gasteiger partial charge is 0.211 e. The van der Waals surface area contributed by atoms with Crippen molar-refractivity contribution in [1.29, 1.82) is 0 Å². The molecule has 0 bridgehead atoms. The van der Waals surface area contributed by atoms with Crippen molar-refractivity contribution in [2.45, 2.75) is 45.6 Å². The van der Waals surface area contributed by atoms with E-state index in [1.807, 2.05) is 6.92 Å². The van der Waals surface area contributed by atoms with E-state index in [-0.39, 0.29) is 0 Å². The minimum atomic E-state index is 0.350. The fourth-order valence-corrected chi connectivity index (χ4v) is 1.99. The Bertz CT molecular complexity index is 300. The molecule has 1 atom stereocenters. The van der Waals surface area contributed by atoms with E-state index >= 15 is 0 Å². The van der Waals surface area contributed by atoms with Gasteiger partial charge in [-0.3, -0.25) is 0 Å². The van der Waals surface area contributed by atoms with E-state index in [0.717, 1.165) is 36.7 Å². The summed E-state index contributed by atoms with van der Waals surface area (Å²) in [6.07, 6.45) is 4.64. The third-order valence-electron chi connectivity index (χ3n) is 2.84. The molecule has 1 aliphatic heterocycles. The zero-order valence-electron chi connectivity index (χ0n) is 8.97. The molecule has 0 saturated carbocycles. The second kappa shape index (κ2) is 4.13. The highest BCUT2D eigenvalue weighted by Gasteiger charge is 2.20. The molecule has 0 aromatic carbocycles. The lowest BCUT2D eigenvalue weighted by Gasteiger charge is -2.20. The molecule has 2 rings (SSSR count). The van der Waals surface area contributed by atoms with E-state index < -0.39 is 0 Å². The van der Waals surface area contributed by atoms with Gasteiger partial charge in [-0.15, -0.1) is 0 Å². The van der Waals surface area contributed by atoms with Crippen LogP contribution in [0.25, 0.3) is 0 Å². The molecule has 14 heavy (non-hydrogen) atoms. The lowest BCUT2D eigenvalue weighted by Crippen LogP contribution is -2.26. The Hall–Kier alpha value is -0.830. The van der Waals surface area contributed by atoms with Crippen molar-refractivity contribution >= 4 is 0 Å². The standard InChI is InChI=1S/C11H18N2O/c1-3-10-8(2)13-11(14-10)9-6-4-5-7-12-9/h9,12H,3-7H2,1-2H3. The Morgan fingerprint density at radius 1 is 1.50 bits per heavy atom. The van der Waals surface area contributed by atoms with Crippen molar-refractivity contribution in [3.8, 4) is 0 Å². The molecule has 0 aliphatic carbocycles. The maximum absolute atomic E-state index is 5.73. The second-order valence-electron chi connectivity index (χ2n) is 3.92. The van der Waals surface area contributed by atoms with Crippen LogP contribution in [0, 0.1) is 6.92 Å². The summed E-state index contributed by atoms with van der Waals surface area (Å²) in [4.78, 5) is 4.48. The third kappa shape index (κ3) is 1.82. The van der Waals surface area contributed by atoms with Gasteiger partial charge in [0.25, 0.3) is 0 Å². The molecule has 1 fully saturated rings. The van der Waals surface area contributed by atoms with Crippen LogP contribution in [0.1, 0.15) is 49.6 Å². The van der Waals surface area contributed by atoms with E-state index in [1.165, 1.54) is 12.8 Å². The first-order valence-corrected chi connectivity index (χ1v) is 5.51. The molecule has 1 saturated heterocycles. The average Bonchev–Trinajstić information content (AvgIpc) is 2.61. The average molecular weight is 194 g/mol. The first-order chi connectivity index (χ1) is 6.81. The molecule has 78 valence electrons. The van der Waals surface area contributed by atoms with Gasteiger partial charge in [-0.25, -0.2) is 4.98 Å². The monoisotopic (exact) mass is 194 g/mol. The quantitative estimate of drug-likeness (QED) is 0.785. The highest BCUT2D eigenvalue weighted by Crippen LogP contribution is 2.24. The van der Waals surface area contributed by atoms with Gasteiger partial charge in [-0.1, -0.05) is 13.3 Å². The molecule has 0 spiro atoms. The summed E-state index contributed by atoms with van der Waals surface area (Å²) < 4.78 is 5.73. The highest BCUT2D eigenvalue weighted by molar-refractivity contribution is 5.09. The van der Waals surface area contributed by atoms with Crippen LogP contribution in [-0.4, -0.2) is 11.5 Å². The van der Waals surface area contributed by atoms with Gasteiger partial charge in [-0.05, 0) is 26.3 Å². The number of aromatic nitrogens is 1. The van der Waals surface area contributed by atoms with Crippen LogP contribution in [0.15, 0.2) is 4.42 Å². The van der Waals surface area contributed by atoms with Crippen LogP contribution in [0.5, 0.6) is 0 Å². The molecule has 2 heterocycles. The Kier molecular flexibility index (Phi) is 2.87. The van der Waals surface area contributed by atoms with Crippen molar-refractivity contribution in [2.24, 2.45) is 0 Å². The topological polar surface area (TPSA) is 38.1 Å². The van der Waals surface area contributed by atoms with Gasteiger partial charge in [0.1, 0.15) is 5.76 Å². The van der Waals surface area contributed by atoms with Crippen molar-refractivity contribution < 1.29 is 4.42 Å². The van der Waals surface area contributed by atoms with Crippen LogP contribution in [0.3, 0.4) is 0 Å². The molecular weight excluding hydrogens is 176 g/mol. The van der Waals surface area contributed by atoms with Gasteiger partial charge in [0.15, 0.2) is 0 Å². The van der Waals surface area contributed by atoms with Crippen LogP contribution in [0.4, 0.5) is 0 Å². The van der Waals surface area contributed by atoms with Crippen molar-refractivity contribution in [3.63, 3.8) is 0 Å². The van der Waals surface area contributed by atoms with E-state index in [0.29, 0.717) is 6.04 Å². The van der Waals surface area contributed by atoms with Gasteiger partial charge >= 0.3 is 0 Å². The van der Waals surface area contributed by atoms with E-state index in [9.17, 15) is 0 Å². The fraction of sp³-hybridized carbons (Fsp3) is 0.727. The largest absolute Gasteiger partial charge is 0.444 e. The van der Waals surface area contributed by atoms with Gasteiger partial charge in [-0.2, -0.15) is 0 Å². The summed E-state index contributed by atoms with van der Waals surface area (Å²) in [5.74, 6) is 1.92. The highest BCUT2D eigenvalue weighted by atomic mass is 16.4. The Morgan fingerprint density at radius 3 is 2.93 bits per heavy atom. The predicted molar refractivity (Wildman–Crippen MR) is 55.2 cm³/mol. The van der Waals surface area contributed by atoms with E-state index in [4.69, 9.17) is 4.42 Å². The summed E-state index contributed by atoms with van der Waals surface area (Å²) >= 11 is 0. The van der Waals surface area contributed by atoms with Gasteiger partial charge in [0.2, 0.25) is 5.89 Å². The second-order valence-corrected chi connectivity index (χ2v) is 3.92. The molecule has 3 nitrogen and oxygen atoms in total. The van der Waals surface area contributed by atoms with Gasteiger partial charge in [0.05, 0.1) is 11.7 Å². The van der Waals surface area contributed by atoms with E-state index in [1.54, 1.807) is 0 Å². The first kappa shape index (κ1) is 9.71. The summed E-state index contributed by atoms with van der Waals surface area (Å²) in [5, 5.41) is 3.44. The maximum Gasteiger partial charge on any atom is 0.211 e. The first-order valence-electron chi connectivity index (χ1n) is 5.51. The van der Waals surface area contributed by atoms with Gasteiger partial charge in [0, 0.05) is 6.42 Å². The zero-order valence-corrected chi connectivity index (χ0v) is 8.97. The number of rotatable bonds is 2. The summed E-state index contributed by atoms with van der Waals surface area (Å²) in [5.41, 5.74) is 1.05. The molecule has 3 heteroatoms. The molecule has 1 unspecified atom stereocenters. The van der Waals surface area contributed by atoms with Crippen molar-refractivity contribution in [1.82, 2.24) is 10.3 Å². The van der Waals surface area contributed by atoms with Crippen LogP contribution < -0.4 is 5.32 Å². The molecule has 0 amide bonds. The molecular formula is C11H18N2O. The summed E-state index contributed by atoms with van der Waals surface area (Å²) in [6, 6.07) is 0.350. The van der Waals surface area contributed by atoms with Gasteiger partial charge < -0.3 is 9.73 Å².